The summed E-state index contributed by atoms with van der Waals surface area (Å²) in [4.78, 5) is 18.2. The van der Waals surface area contributed by atoms with Crippen LogP contribution in [0.1, 0.15) is 18.3 Å². The van der Waals surface area contributed by atoms with Crippen molar-refractivity contribution in [2.24, 2.45) is 0 Å². The Hall–Kier alpha value is -1.73. The zero-order valence-corrected chi connectivity index (χ0v) is 10.5. The molecule has 2 rings (SSSR count). The molecule has 0 aliphatic carbocycles. The standard InChI is InChI=1S/C13H12N2OS/c1-9-14-12-6-5-11(8-13(12)15-9)4-3-7-17-10(2)16/h5-6,8H,7H2,1-2H3,(H,14,15). The molecule has 86 valence electrons. The molecule has 1 aromatic heterocycles. The van der Waals surface area contributed by atoms with Gasteiger partial charge < -0.3 is 4.98 Å². The number of aryl methyl sites for hydroxylation is 1. The monoisotopic (exact) mass is 244 g/mol. The number of fused-ring (bicyclic) bond motifs is 1. The van der Waals surface area contributed by atoms with Gasteiger partial charge in [0.05, 0.1) is 16.8 Å². The minimum absolute atomic E-state index is 0.0962. The first-order valence-electron chi connectivity index (χ1n) is 5.24. The number of benzene rings is 1. The summed E-state index contributed by atoms with van der Waals surface area (Å²) in [5.41, 5.74) is 2.88. The number of aromatic amines is 1. The predicted octanol–water partition coefficient (Wildman–Crippen LogP) is 2.50. The summed E-state index contributed by atoms with van der Waals surface area (Å²) < 4.78 is 0. The summed E-state index contributed by atoms with van der Waals surface area (Å²) in [6.45, 7) is 3.47. The Bertz CT molecular complexity index is 619. The molecule has 0 atom stereocenters. The highest BCUT2D eigenvalue weighted by molar-refractivity contribution is 8.13. The summed E-state index contributed by atoms with van der Waals surface area (Å²) in [5, 5.41) is 0.0962. The first-order chi connectivity index (χ1) is 8.15. The Morgan fingerprint density at radius 2 is 2.35 bits per heavy atom. The second kappa shape index (κ2) is 5.07. The van der Waals surface area contributed by atoms with Crippen molar-refractivity contribution in [1.82, 2.24) is 9.97 Å². The molecule has 0 spiro atoms. The van der Waals surface area contributed by atoms with E-state index in [9.17, 15) is 4.79 Å². The molecular formula is C13H12N2OS. The van der Waals surface area contributed by atoms with Gasteiger partial charge in [0.25, 0.3) is 0 Å². The lowest BCUT2D eigenvalue weighted by atomic mass is 10.2. The fourth-order valence-corrected chi connectivity index (χ4v) is 1.84. The maximum absolute atomic E-state index is 10.7. The Morgan fingerprint density at radius 1 is 1.53 bits per heavy atom. The second-order valence-electron chi connectivity index (χ2n) is 3.64. The zero-order chi connectivity index (χ0) is 12.3. The summed E-state index contributed by atoms with van der Waals surface area (Å²) in [7, 11) is 0. The van der Waals surface area contributed by atoms with E-state index in [0.717, 1.165) is 22.4 Å². The number of hydrogen-bond donors (Lipinski definition) is 1. The van der Waals surface area contributed by atoms with E-state index in [1.54, 1.807) is 6.92 Å². The molecule has 0 bridgehead atoms. The van der Waals surface area contributed by atoms with E-state index in [1.165, 1.54) is 11.8 Å². The summed E-state index contributed by atoms with van der Waals surface area (Å²) in [5.74, 6) is 7.43. The maximum Gasteiger partial charge on any atom is 0.186 e. The zero-order valence-electron chi connectivity index (χ0n) is 9.70. The lowest BCUT2D eigenvalue weighted by molar-refractivity contribution is -0.109. The first-order valence-corrected chi connectivity index (χ1v) is 6.22. The number of rotatable bonds is 1. The lowest BCUT2D eigenvalue weighted by Crippen LogP contribution is -1.82. The van der Waals surface area contributed by atoms with Crippen molar-refractivity contribution in [3.63, 3.8) is 0 Å². The number of hydrogen-bond acceptors (Lipinski definition) is 3. The van der Waals surface area contributed by atoms with Gasteiger partial charge in [0.15, 0.2) is 5.12 Å². The van der Waals surface area contributed by atoms with E-state index < -0.39 is 0 Å². The average molecular weight is 244 g/mol. The van der Waals surface area contributed by atoms with Crippen LogP contribution in [0.25, 0.3) is 11.0 Å². The molecule has 0 unspecified atom stereocenters. The minimum Gasteiger partial charge on any atom is -0.342 e. The summed E-state index contributed by atoms with van der Waals surface area (Å²) >= 11 is 1.23. The van der Waals surface area contributed by atoms with E-state index in [1.807, 2.05) is 25.1 Å². The number of nitrogens with one attached hydrogen (secondary N) is 1. The fraction of sp³-hybridized carbons (Fsp3) is 0.231. The Morgan fingerprint density at radius 3 is 3.12 bits per heavy atom. The van der Waals surface area contributed by atoms with Crippen LogP contribution < -0.4 is 0 Å². The highest BCUT2D eigenvalue weighted by Gasteiger charge is 1.98. The Kier molecular flexibility index (Phi) is 3.50. The average Bonchev–Trinajstić information content (AvgIpc) is 2.63. The van der Waals surface area contributed by atoms with Crippen LogP contribution in [-0.2, 0) is 4.79 Å². The molecule has 0 radical (unpaired) electrons. The van der Waals surface area contributed by atoms with Crippen molar-refractivity contribution < 1.29 is 4.79 Å². The van der Waals surface area contributed by atoms with Gasteiger partial charge in [-0.2, -0.15) is 0 Å². The number of imidazole rings is 1. The highest BCUT2D eigenvalue weighted by Crippen LogP contribution is 2.12. The number of aromatic nitrogens is 2. The van der Waals surface area contributed by atoms with Crippen LogP contribution in [0, 0.1) is 18.8 Å². The fourth-order valence-electron chi connectivity index (χ4n) is 1.49. The third-order valence-corrected chi connectivity index (χ3v) is 2.88. The molecule has 1 aromatic carbocycles. The number of thioether (sulfide) groups is 1. The van der Waals surface area contributed by atoms with Gasteiger partial charge >= 0.3 is 0 Å². The summed E-state index contributed by atoms with van der Waals surface area (Å²) in [6, 6.07) is 5.86. The molecule has 2 aromatic rings. The van der Waals surface area contributed by atoms with Crippen LogP contribution in [0.2, 0.25) is 0 Å². The van der Waals surface area contributed by atoms with Crippen LogP contribution in [0.3, 0.4) is 0 Å². The minimum atomic E-state index is 0.0962. The molecular weight excluding hydrogens is 232 g/mol. The van der Waals surface area contributed by atoms with E-state index >= 15 is 0 Å². The molecule has 1 N–H and O–H groups in total. The van der Waals surface area contributed by atoms with Gasteiger partial charge in [-0.05, 0) is 25.1 Å². The van der Waals surface area contributed by atoms with Gasteiger partial charge in [-0.3, -0.25) is 4.79 Å². The van der Waals surface area contributed by atoms with Gasteiger partial charge in [0.1, 0.15) is 5.82 Å². The van der Waals surface area contributed by atoms with Gasteiger partial charge in [-0.15, -0.1) is 0 Å². The molecule has 0 saturated heterocycles. The van der Waals surface area contributed by atoms with Crippen molar-refractivity contribution in [1.29, 1.82) is 0 Å². The van der Waals surface area contributed by atoms with Gasteiger partial charge in [-0.25, -0.2) is 4.98 Å². The predicted molar refractivity (Wildman–Crippen MR) is 70.8 cm³/mol. The van der Waals surface area contributed by atoms with Crippen molar-refractivity contribution >= 4 is 27.9 Å². The number of carbonyl (C=O) groups excluding carboxylic acids is 1. The van der Waals surface area contributed by atoms with E-state index in [0.29, 0.717) is 5.75 Å². The Balaban J connectivity index is 2.16. The Labute approximate surface area is 104 Å². The van der Waals surface area contributed by atoms with Crippen LogP contribution in [0.5, 0.6) is 0 Å². The first kappa shape index (κ1) is 11.7. The molecule has 0 aliphatic heterocycles. The molecule has 17 heavy (non-hydrogen) atoms. The number of nitrogens with zero attached hydrogens (tertiary/aromatic N) is 1. The molecule has 0 amide bonds. The maximum atomic E-state index is 10.7. The van der Waals surface area contributed by atoms with Crippen LogP contribution in [-0.4, -0.2) is 20.8 Å². The molecule has 0 fully saturated rings. The van der Waals surface area contributed by atoms with Gasteiger partial charge in [0.2, 0.25) is 0 Å². The number of H-pyrrole nitrogens is 1. The van der Waals surface area contributed by atoms with Crippen molar-refractivity contribution in [2.45, 2.75) is 13.8 Å². The smallest absolute Gasteiger partial charge is 0.186 e. The molecule has 0 aliphatic rings. The van der Waals surface area contributed by atoms with Crippen molar-refractivity contribution in [3.05, 3.63) is 29.6 Å². The molecule has 0 saturated carbocycles. The van der Waals surface area contributed by atoms with Crippen LogP contribution >= 0.6 is 11.8 Å². The quantitative estimate of drug-likeness (QED) is 0.784. The van der Waals surface area contributed by atoms with E-state index in [4.69, 9.17) is 0 Å². The largest absolute Gasteiger partial charge is 0.342 e. The molecule has 1 heterocycles. The normalized spacial score (nSPS) is 10.0. The second-order valence-corrected chi connectivity index (χ2v) is 4.79. The van der Waals surface area contributed by atoms with Crippen molar-refractivity contribution in [2.75, 3.05) is 5.75 Å². The van der Waals surface area contributed by atoms with E-state index in [-0.39, 0.29) is 5.12 Å². The molecule has 4 heteroatoms. The van der Waals surface area contributed by atoms with Crippen molar-refractivity contribution in [3.8, 4) is 11.8 Å². The van der Waals surface area contributed by atoms with Gasteiger partial charge in [0, 0.05) is 12.5 Å². The third kappa shape index (κ3) is 3.11. The topological polar surface area (TPSA) is 45.8 Å². The third-order valence-electron chi connectivity index (χ3n) is 2.18. The highest BCUT2D eigenvalue weighted by atomic mass is 32.2. The van der Waals surface area contributed by atoms with Crippen LogP contribution in [0.15, 0.2) is 18.2 Å². The molecule has 3 nitrogen and oxygen atoms in total. The SMILES string of the molecule is CC(=O)SCC#Cc1ccc2nc(C)[nH]c2c1. The summed E-state index contributed by atoms with van der Waals surface area (Å²) in [6.07, 6.45) is 0. The number of carbonyl (C=O) groups is 1. The van der Waals surface area contributed by atoms with Gasteiger partial charge in [-0.1, -0.05) is 23.6 Å². The lowest BCUT2D eigenvalue weighted by Gasteiger charge is -1.90. The van der Waals surface area contributed by atoms with E-state index in [2.05, 4.69) is 21.8 Å². The van der Waals surface area contributed by atoms with Crippen LogP contribution in [0.4, 0.5) is 0 Å².